The molecule has 0 aromatic carbocycles. The Morgan fingerprint density at radius 1 is 0.955 bits per heavy atom. The maximum atomic E-state index is 2.54. The molecule has 0 nitrogen and oxygen atoms in total. The van der Waals surface area contributed by atoms with E-state index in [1.807, 2.05) is 0 Å². The van der Waals surface area contributed by atoms with Gasteiger partial charge in [-0.05, 0) is 81.0 Å². The van der Waals surface area contributed by atoms with Gasteiger partial charge in [0.2, 0.25) is 0 Å². The predicted octanol–water partition coefficient (Wildman–Crippen LogP) is 7.93. The highest BCUT2D eigenvalue weighted by molar-refractivity contribution is 4.88. The molecule has 0 bridgehead atoms. The first kappa shape index (κ1) is 19.8. The molecule has 130 valence electrons. The fourth-order valence-electron chi connectivity index (χ4n) is 4.14. The van der Waals surface area contributed by atoms with Crippen LogP contribution in [0.4, 0.5) is 0 Å². The second-order valence-electron chi connectivity index (χ2n) is 9.01. The van der Waals surface area contributed by atoms with Crippen molar-refractivity contribution in [2.45, 2.75) is 112 Å². The van der Waals surface area contributed by atoms with Crippen LogP contribution < -0.4 is 0 Å². The molecule has 0 aromatic heterocycles. The van der Waals surface area contributed by atoms with E-state index in [2.05, 4.69) is 46.8 Å². The van der Waals surface area contributed by atoms with E-state index < -0.39 is 0 Å². The van der Waals surface area contributed by atoms with Gasteiger partial charge in [0.1, 0.15) is 0 Å². The van der Waals surface area contributed by atoms with E-state index in [0.29, 0.717) is 10.8 Å². The van der Waals surface area contributed by atoms with E-state index in [1.54, 1.807) is 0 Å². The lowest BCUT2D eigenvalue weighted by Crippen LogP contribution is -2.25. The molecule has 0 unspecified atom stereocenters. The van der Waals surface area contributed by atoms with Gasteiger partial charge in [0.15, 0.2) is 0 Å². The Kier molecular flexibility index (Phi) is 8.80. The molecule has 0 aromatic rings. The molecule has 0 atom stereocenters. The van der Waals surface area contributed by atoms with Crippen LogP contribution in [0, 0.1) is 16.7 Å². The summed E-state index contributed by atoms with van der Waals surface area (Å²) < 4.78 is 0. The van der Waals surface area contributed by atoms with Crippen LogP contribution >= 0.6 is 0 Å². The summed E-state index contributed by atoms with van der Waals surface area (Å²) in [5, 5.41) is 0. The van der Waals surface area contributed by atoms with Gasteiger partial charge in [-0.3, -0.25) is 0 Å². The number of allylic oxidation sites excluding steroid dienone is 2. The molecule has 22 heavy (non-hydrogen) atoms. The number of hydrogen-bond donors (Lipinski definition) is 0. The van der Waals surface area contributed by atoms with Crippen LogP contribution in [0.25, 0.3) is 0 Å². The summed E-state index contributed by atoms with van der Waals surface area (Å²) in [5.74, 6) is 1.01. The summed E-state index contributed by atoms with van der Waals surface area (Å²) in [7, 11) is 0. The van der Waals surface area contributed by atoms with Crippen molar-refractivity contribution < 1.29 is 0 Å². The lowest BCUT2D eigenvalue weighted by Gasteiger charge is -2.38. The van der Waals surface area contributed by atoms with Crippen molar-refractivity contribution in [1.82, 2.24) is 0 Å². The van der Waals surface area contributed by atoms with Crippen molar-refractivity contribution in [3.8, 4) is 0 Å². The molecule has 0 amide bonds. The summed E-state index contributed by atoms with van der Waals surface area (Å²) in [5.41, 5.74) is 1.20. The maximum Gasteiger partial charge on any atom is -0.0323 e. The van der Waals surface area contributed by atoms with Gasteiger partial charge < -0.3 is 0 Å². The van der Waals surface area contributed by atoms with E-state index >= 15 is 0 Å². The minimum Gasteiger partial charge on any atom is -0.0885 e. The van der Waals surface area contributed by atoms with Crippen LogP contribution in [0.3, 0.4) is 0 Å². The van der Waals surface area contributed by atoms with E-state index in [4.69, 9.17) is 0 Å². The van der Waals surface area contributed by atoms with Gasteiger partial charge in [-0.2, -0.15) is 0 Å². The molecular formula is C22H42. The van der Waals surface area contributed by atoms with Crippen molar-refractivity contribution in [2.24, 2.45) is 16.7 Å². The predicted molar refractivity (Wildman–Crippen MR) is 101 cm³/mol. The second kappa shape index (κ2) is 9.78. The molecule has 1 aliphatic carbocycles. The zero-order valence-electron chi connectivity index (χ0n) is 16.2. The highest BCUT2D eigenvalue weighted by Crippen LogP contribution is 2.44. The zero-order valence-corrected chi connectivity index (χ0v) is 16.2. The molecule has 0 spiro atoms. The number of rotatable bonds is 10. The normalized spacial score (nSPS) is 26.7. The van der Waals surface area contributed by atoms with Gasteiger partial charge in [-0.1, -0.05) is 59.6 Å². The van der Waals surface area contributed by atoms with Crippen molar-refractivity contribution >= 4 is 0 Å². The van der Waals surface area contributed by atoms with Gasteiger partial charge in [-0.15, -0.1) is 0 Å². The monoisotopic (exact) mass is 306 g/mol. The first-order chi connectivity index (χ1) is 10.4. The Bertz CT molecular complexity index is 302. The summed E-state index contributed by atoms with van der Waals surface area (Å²) in [6.45, 7) is 12.0. The molecule has 0 saturated heterocycles. The lowest BCUT2D eigenvalue weighted by atomic mass is 9.67. The molecule has 1 rings (SSSR count). The maximum absolute atomic E-state index is 2.54. The minimum absolute atomic E-state index is 0.569. The van der Waals surface area contributed by atoms with Crippen molar-refractivity contribution in [1.29, 1.82) is 0 Å². The van der Waals surface area contributed by atoms with Crippen LogP contribution in [0.1, 0.15) is 112 Å². The van der Waals surface area contributed by atoms with Crippen LogP contribution in [0.5, 0.6) is 0 Å². The number of unbranched alkanes of at least 4 members (excludes halogenated alkanes) is 1. The molecule has 0 aliphatic heterocycles. The largest absolute Gasteiger partial charge is 0.0885 e. The quantitative estimate of drug-likeness (QED) is 0.359. The second-order valence-corrected chi connectivity index (χ2v) is 9.01. The molecular weight excluding hydrogens is 264 g/mol. The van der Waals surface area contributed by atoms with Crippen LogP contribution in [0.15, 0.2) is 12.2 Å². The Morgan fingerprint density at radius 2 is 1.59 bits per heavy atom. The first-order valence-corrected chi connectivity index (χ1v) is 10.1. The van der Waals surface area contributed by atoms with Crippen molar-refractivity contribution in [3.05, 3.63) is 12.2 Å². The van der Waals surface area contributed by atoms with Gasteiger partial charge in [0.05, 0.1) is 0 Å². The molecule has 0 heteroatoms. The van der Waals surface area contributed by atoms with Gasteiger partial charge >= 0.3 is 0 Å². The third kappa shape index (κ3) is 7.84. The average molecular weight is 307 g/mol. The van der Waals surface area contributed by atoms with E-state index in [1.165, 1.54) is 77.0 Å². The molecule has 1 saturated carbocycles. The fourth-order valence-corrected chi connectivity index (χ4v) is 4.14. The van der Waals surface area contributed by atoms with Crippen molar-refractivity contribution in [3.63, 3.8) is 0 Å². The Morgan fingerprint density at radius 3 is 2.18 bits per heavy atom. The highest BCUT2D eigenvalue weighted by Gasteiger charge is 2.31. The summed E-state index contributed by atoms with van der Waals surface area (Å²) in [6.07, 6.45) is 21.6. The molecule has 0 heterocycles. The molecule has 1 aliphatic rings. The van der Waals surface area contributed by atoms with Crippen LogP contribution in [-0.4, -0.2) is 0 Å². The Balaban J connectivity index is 2.24. The summed E-state index contributed by atoms with van der Waals surface area (Å²) >= 11 is 0. The summed E-state index contributed by atoms with van der Waals surface area (Å²) in [4.78, 5) is 0. The molecule has 0 radical (unpaired) electrons. The van der Waals surface area contributed by atoms with Crippen molar-refractivity contribution in [2.75, 3.05) is 0 Å². The molecule has 0 N–H and O–H groups in total. The molecule has 1 fully saturated rings. The van der Waals surface area contributed by atoms with Gasteiger partial charge in [0.25, 0.3) is 0 Å². The number of hydrogen-bond acceptors (Lipinski definition) is 0. The SMILES string of the molecule is CCCC=CCCC1(C)CCC(CCC(C)(C)CCC)CC1. The standard InChI is InChI=1S/C22H42/c1-6-8-9-10-11-16-22(5)18-13-20(14-19-22)12-17-21(3,4)15-7-2/h9-10,20H,6-8,11-19H2,1-5H3. The third-order valence-corrected chi connectivity index (χ3v) is 6.00. The topological polar surface area (TPSA) is 0 Å². The Labute approximate surface area is 141 Å². The third-order valence-electron chi connectivity index (χ3n) is 6.00. The lowest BCUT2D eigenvalue weighted by molar-refractivity contribution is 0.142. The van der Waals surface area contributed by atoms with Gasteiger partial charge in [0, 0.05) is 0 Å². The highest BCUT2D eigenvalue weighted by atomic mass is 14.4. The van der Waals surface area contributed by atoms with Gasteiger partial charge in [-0.25, -0.2) is 0 Å². The fraction of sp³-hybridized carbons (Fsp3) is 0.909. The summed E-state index contributed by atoms with van der Waals surface area (Å²) in [6, 6.07) is 0. The zero-order chi connectivity index (χ0) is 16.5. The minimum atomic E-state index is 0.569. The van der Waals surface area contributed by atoms with Crippen LogP contribution in [-0.2, 0) is 0 Å². The van der Waals surface area contributed by atoms with E-state index in [9.17, 15) is 0 Å². The Hall–Kier alpha value is -0.260. The van der Waals surface area contributed by atoms with E-state index in [0.717, 1.165) is 5.92 Å². The van der Waals surface area contributed by atoms with Crippen LogP contribution in [0.2, 0.25) is 0 Å². The average Bonchev–Trinajstić information content (AvgIpc) is 2.47. The van der Waals surface area contributed by atoms with E-state index in [-0.39, 0.29) is 0 Å². The first-order valence-electron chi connectivity index (χ1n) is 10.1. The smallest absolute Gasteiger partial charge is 0.0323 e.